The van der Waals surface area contributed by atoms with E-state index in [0.717, 1.165) is 30.8 Å². The average molecular weight is 268 g/mol. The first-order valence-electron chi connectivity index (χ1n) is 5.97. The molecule has 0 saturated carbocycles. The van der Waals surface area contributed by atoms with E-state index in [-0.39, 0.29) is 16.6 Å². The summed E-state index contributed by atoms with van der Waals surface area (Å²) >= 11 is 0.994. The first-order chi connectivity index (χ1) is 8.49. The van der Waals surface area contributed by atoms with Crippen molar-refractivity contribution in [1.29, 1.82) is 0 Å². The maximum absolute atomic E-state index is 12.1. The van der Waals surface area contributed by atoms with Gasteiger partial charge in [-0.3, -0.25) is 4.79 Å². The molecule has 0 radical (unpaired) electrons. The Balaban J connectivity index is 2.05. The minimum Gasteiger partial charge on any atom is -0.476 e. The van der Waals surface area contributed by atoms with Gasteiger partial charge in [0.1, 0.15) is 5.69 Å². The Labute approximate surface area is 109 Å². The van der Waals surface area contributed by atoms with Crippen molar-refractivity contribution in [2.24, 2.45) is 11.8 Å². The maximum atomic E-state index is 12.1. The van der Waals surface area contributed by atoms with Crippen molar-refractivity contribution >= 4 is 23.2 Å². The molecule has 1 saturated heterocycles. The van der Waals surface area contributed by atoms with Gasteiger partial charge >= 0.3 is 5.97 Å². The molecule has 1 N–H and O–H groups in total. The summed E-state index contributed by atoms with van der Waals surface area (Å²) in [5, 5.41) is 10.3. The van der Waals surface area contributed by atoms with Crippen LogP contribution in [0.2, 0.25) is 0 Å². The number of carboxylic acid groups (broad SMARTS) is 1. The molecule has 18 heavy (non-hydrogen) atoms. The van der Waals surface area contributed by atoms with E-state index in [2.05, 4.69) is 18.8 Å². The van der Waals surface area contributed by atoms with Gasteiger partial charge in [0, 0.05) is 18.5 Å². The van der Waals surface area contributed by atoms with Crippen LogP contribution in [0.4, 0.5) is 0 Å². The van der Waals surface area contributed by atoms with Gasteiger partial charge in [0.25, 0.3) is 5.91 Å². The lowest BCUT2D eigenvalue weighted by atomic mass is 9.95. The van der Waals surface area contributed by atoms with E-state index >= 15 is 0 Å². The normalized spacial score (nSPS) is 19.5. The standard InChI is InChI=1S/C12H16N2O3S/c1-7(2)8-3-4-14(5-8)11(15)9-6-18-10(13-9)12(16)17/h6-8H,3-5H2,1-2H3,(H,16,17). The number of hydrogen-bond donors (Lipinski definition) is 1. The fraction of sp³-hybridized carbons (Fsp3) is 0.583. The van der Waals surface area contributed by atoms with Gasteiger partial charge in [0.15, 0.2) is 0 Å². The Morgan fingerprint density at radius 2 is 2.28 bits per heavy atom. The molecule has 0 bridgehead atoms. The Kier molecular flexibility index (Phi) is 3.65. The highest BCUT2D eigenvalue weighted by Crippen LogP contribution is 2.25. The summed E-state index contributed by atoms with van der Waals surface area (Å²) in [4.78, 5) is 28.5. The highest BCUT2D eigenvalue weighted by molar-refractivity contribution is 7.11. The number of hydrogen-bond acceptors (Lipinski definition) is 4. The largest absolute Gasteiger partial charge is 0.476 e. The number of rotatable bonds is 3. The number of carbonyl (C=O) groups excluding carboxylic acids is 1. The molecule has 0 aromatic carbocycles. The molecule has 1 fully saturated rings. The first-order valence-corrected chi connectivity index (χ1v) is 6.85. The van der Waals surface area contributed by atoms with Gasteiger partial charge in [0.05, 0.1) is 0 Å². The zero-order valence-electron chi connectivity index (χ0n) is 10.4. The van der Waals surface area contributed by atoms with Crippen LogP contribution in [0.25, 0.3) is 0 Å². The van der Waals surface area contributed by atoms with Gasteiger partial charge in [-0.1, -0.05) is 13.8 Å². The summed E-state index contributed by atoms with van der Waals surface area (Å²) < 4.78 is 0. The average Bonchev–Trinajstić information content (AvgIpc) is 2.97. The smallest absolute Gasteiger partial charge is 0.365 e. The van der Waals surface area contributed by atoms with Crippen molar-refractivity contribution in [1.82, 2.24) is 9.88 Å². The lowest BCUT2D eigenvalue weighted by molar-refractivity contribution is 0.0696. The van der Waals surface area contributed by atoms with Crippen molar-refractivity contribution in [3.8, 4) is 0 Å². The Bertz CT molecular complexity index is 470. The maximum Gasteiger partial charge on any atom is 0.365 e. The van der Waals surface area contributed by atoms with Gasteiger partial charge in [-0.05, 0) is 18.3 Å². The van der Waals surface area contributed by atoms with Gasteiger partial charge < -0.3 is 10.0 Å². The lowest BCUT2D eigenvalue weighted by Crippen LogP contribution is -2.29. The minimum atomic E-state index is -1.08. The Morgan fingerprint density at radius 1 is 1.56 bits per heavy atom. The summed E-state index contributed by atoms with van der Waals surface area (Å²) in [6.07, 6.45) is 1.01. The lowest BCUT2D eigenvalue weighted by Gasteiger charge is -2.17. The molecule has 0 aliphatic carbocycles. The van der Waals surface area contributed by atoms with Crippen LogP contribution in [0.1, 0.15) is 40.6 Å². The van der Waals surface area contributed by atoms with E-state index in [4.69, 9.17) is 5.11 Å². The molecule has 5 nitrogen and oxygen atoms in total. The highest BCUT2D eigenvalue weighted by atomic mass is 32.1. The third-order valence-corrected chi connectivity index (χ3v) is 4.19. The third-order valence-electron chi connectivity index (χ3n) is 3.36. The molecule has 2 rings (SSSR count). The molecule has 1 aromatic heterocycles. The minimum absolute atomic E-state index is 0.0297. The predicted octanol–water partition coefficient (Wildman–Crippen LogP) is 1.96. The van der Waals surface area contributed by atoms with Gasteiger partial charge in [-0.15, -0.1) is 11.3 Å². The van der Waals surface area contributed by atoms with Crippen LogP contribution in [-0.4, -0.2) is 40.0 Å². The molecule has 1 amide bonds. The second-order valence-electron chi connectivity index (χ2n) is 4.89. The SMILES string of the molecule is CC(C)C1CCN(C(=O)c2csc(C(=O)O)n2)C1. The Hall–Kier alpha value is -1.43. The van der Waals surface area contributed by atoms with Crippen LogP contribution < -0.4 is 0 Å². The molecular formula is C12H16N2O3S. The molecule has 1 atom stereocenters. The van der Waals surface area contributed by atoms with Crippen molar-refractivity contribution in [2.45, 2.75) is 20.3 Å². The van der Waals surface area contributed by atoms with Crippen LogP contribution in [0.5, 0.6) is 0 Å². The molecule has 1 aliphatic heterocycles. The summed E-state index contributed by atoms with van der Waals surface area (Å²) in [5.74, 6) is -0.137. The number of aromatic nitrogens is 1. The molecule has 6 heteroatoms. The van der Waals surface area contributed by atoms with E-state index < -0.39 is 5.97 Å². The predicted molar refractivity (Wildman–Crippen MR) is 67.9 cm³/mol. The van der Waals surface area contributed by atoms with E-state index in [0.29, 0.717) is 11.8 Å². The summed E-state index contributed by atoms with van der Waals surface area (Å²) in [5.41, 5.74) is 0.252. The van der Waals surface area contributed by atoms with Crippen LogP contribution in [0.15, 0.2) is 5.38 Å². The van der Waals surface area contributed by atoms with Crippen molar-refractivity contribution in [3.05, 3.63) is 16.1 Å². The third kappa shape index (κ3) is 2.53. The Morgan fingerprint density at radius 3 is 2.78 bits per heavy atom. The van der Waals surface area contributed by atoms with E-state index in [9.17, 15) is 9.59 Å². The molecule has 2 heterocycles. The quantitative estimate of drug-likeness (QED) is 0.909. The fourth-order valence-electron chi connectivity index (χ4n) is 2.15. The summed E-state index contributed by atoms with van der Waals surface area (Å²) in [6.45, 7) is 5.80. The van der Waals surface area contributed by atoms with Crippen LogP contribution >= 0.6 is 11.3 Å². The molecular weight excluding hydrogens is 252 g/mol. The number of nitrogens with zero attached hydrogens (tertiary/aromatic N) is 2. The van der Waals surface area contributed by atoms with Gasteiger partial charge in [0.2, 0.25) is 5.01 Å². The topological polar surface area (TPSA) is 70.5 Å². The zero-order valence-corrected chi connectivity index (χ0v) is 11.2. The van der Waals surface area contributed by atoms with E-state index in [1.807, 2.05) is 0 Å². The van der Waals surface area contributed by atoms with Gasteiger partial charge in [-0.25, -0.2) is 9.78 Å². The van der Waals surface area contributed by atoms with Crippen molar-refractivity contribution < 1.29 is 14.7 Å². The molecule has 1 aliphatic rings. The fourth-order valence-corrected chi connectivity index (χ4v) is 2.78. The number of thiazole rings is 1. The first kappa shape index (κ1) is 13.0. The van der Waals surface area contributed by atoms with E-state index in [1.54, 1.807) is 4.90 Å². The zero-order chi connectivity index (χ0) is 13.3. The number of aromatic carboxylic acids is 1. The van der Waals surface area contributed by atoms with Crippen molar-refractivity contribution in [3.63, 3.8) is 0 Å². The number of carbonyl (C=O) groups is 2. The van der Waals surface area contributed by atoms with Crippen LogP contribution in [-0.2, 0) is 0 Å². The highest BCUT2D eigenvalue weighted by Gasteiger charge is 2.29. The van der Waals surface area contributed by atoms with Crippen molar-refractivity contribution in [2.75, 3.05) is 13.1 Å². The van der Waals surface area contributed by atoms with E-state index in [1.165, 1.54) is 5.38 Å². The molecule has 98 valence electrons. The molecule has 0 spiro atoms. The van der Waals surface area contributed by atoms with Crippen LogP contribution in [0, 0.1) is 11.8 Å². The second-order valence-corrected chi connectivity index (χ2v) is 5.75. The number of likely N-dealkylation sites (tertiary alicyclic amines) is 1. The van der Waals surface area contributed by atoms with Gasteiger partial charge in [-0.2, -0.15) is 0 Å². The monoisotopic (exact) mass is 268 g/mol. The number of amides is 1. The summed E-state index contributed by atoms with van der Waals surface area (Å²) in [6, 6.07) is 0. The molecule has 1 unspecified atom stereocenters. The number of carboxylic acids is 1. The molecule has 1 aromatic rings. The summed E-state index contributed by atoms with van der Waals surface area (Å²) in [7, 11) is 0. The second kappa shape index (κ2) is 5.06. The van der Waals surface area contributed by atoms with Crippen LogP contribution in [0.3, 0.4) is 0 Å².